The van der Waals surface area contributed by atoms with Crippen molar-refractivity contribution in [1.82, 2.24) is 9.58 Å². The van der Waals surface area contributed by atoms with Gasteiger partial charge in [-0.05, 0) is 50.1 Å². The van der Waals surface area contributed by atoms with Crippen molar-refractivity contribution < 1.29 is 19.2 Å². The third kappa shape index (κ3) is 4.37. The van der Waals surface area contributed by atoms with E-state index in [-0.39, 0.29) is 29.0 Å². The van der Waals surface area contributed by atoms with Gasteiger partial charge in [0.05, 0.1) is 34.1 Å². The van der Waals surface area contributed by atoms with Gasteiger partial charge in [0.1, 0.15) is 17.1 Å². The van der Waals surface area contributed by atoms with Crippen molar-refractivity contribution in [2.75, 3.05) is 24.5 Å². The first-order valence-corrected chi connectivity index (χ1v) is 11.5. The number of hydrogen-bond acceptors (Lipinski definition) is 7. The summed E-state index contributed by atoms with van der Waals surface area (Å²) in [5, 5.41) is 31.7. The van der Waals surface area contributed by atoms with E-state index in [1.807, 2.05) is 11.8 Å². The van der Waals surface area contributed by atoms with Crippen LogP contribution in [0.25, 0.3) is 10.9 Å². The highest BCUT2D eigenvalue weighted by atomic mass is 19.1. The summed E-state index contributed by atoms with van der Waals surface area (Å²) in [6, 6.07) is 8.39. The highest BCUT2D eigenvalue weighted by Gasteiger charge is 2.32. The molecule has 1 atom stereocenters. The Morgan fingerprint density at radius 1 is 1.19 bits per heavy atom. The highest BCUT2D eigenvalue weighted by molar-refractivity contribution is 5.95. The monoisotopic (exact) mass is 494 g/mol. The number of nitrogens with zero attached hydrogens (tertiary/aromatic N) is 6. The van der Waals surface area contributed by atoms with Crippen LogP contribution in [0.1, 0.15) is 36.2 Å². The van der Waals surface area contributed by atoms with Gasteiger partial charge in [0.15, 0.2) is 0 Å². The quantitative estimate of drug-likeness (QED) is 0.307. The number of pyridine rings is 1. The summed E-state index contributed by atoms with van der Waals surface area (Å²) in [4.78, 5) is 37.8. The van der Waals surface area contributed by atoms with E-state index in [0.29, 0.717) is 36.5 Å². The number of nitro groups is 1. The molecule has 2 fully saturated rings. The molecule has 0 spiro atoms. The predicted octanol–water partition coefficient (Wildman–Crippen LogP) is 4.29. The number of anilines is 1. The van der Waals surface area contributed by atoms with Gasteiger partial charge < -0.3 is 14.6 Å². The molecule has 36 heavy (non-hydrogen) atoms. The Morgan fingerprint density at radius 2 is 1.92 bits per heavy atom. The van der Waals surface area contributed by atoms with Crippen LogP contribution >= 0.6 is 0 Å². The molecule has 2 heterocycles. The molecule has 1 saturated heterocycles. The van der Waals surface area contributed by atoms with Gasteiger partial charge in [-0.2, -0.15) is 0 Å². The smallest absolute Gasteiger partial charge is 0.341 e. The number of benzene rings is 2. The van der Waals surface area contributed by atoms with Gasteiger partial charge in [0.2, 0.25) is 5.43 Å². The fourth-order valence-corrected chi connectivity index (χ4v) is 4.50. The van der Waals surface area contributed by atoms with E-state index in [0.717, 1.165) is 12.8 Å². The number of nitro benzene ring substituents is 1. The minimum absolute atomic E-state index is 0.0250. The summed E-state index contributed by atoms with van der Waals surface area (Å²) >= 11 is 0. The van der Waals surface area contributed by atoms with Crippen LogP contribution in [0.3, 0.4) is 0 Å². The Bertz CT molecular complexity index is 1450. The summed E-state index contributed by atoms with van der Waals surface area (Å²) in [5.41, 5.74) is -0.0211. The van der Waals surface area contributed by atoms with Gasteiger partial charge >= 0.3 is 5.97 Å². The van der Waals surface area contributed by atoms with Crippen molar-refractivity contribution in [3.8, 4) is 0 Å². The molecule has 1 aromatic heterocycles. The van der Waals surface area contributed by atoms with E-state index in [4.69, 9.17) is 0 Å². The molecule has 0 amide bonds. The minimum atomic E-state index is -1.36. The molecule has 2 aliphatic rings. The normalized spacial score (nSPS) is 18.2. The number of hydrogen-bond donors (Lipinski definition) is 1. The van der Waals surface area contributed by atoms with E-state index in [1.54, 1.807) is 15.6 Å². The summed E-state index contributed by atoms with van der Waals surface area (Å²) in [7, 11) is 0. The number of carbonyl (C=O) groups is 1. The highest BCUT2D eigenvalue weighted by Crippen LogP contribution is 2.40. The molecule has 0 radical (unpaired) electrons. The predicted molar refractivity (Wildman–Crippen MR) is 129 cm³/mol. The van der Waals surface area contributed by atoms with E-state index < -0.39 is 21.9 Å². The molecule has 12 heteroatoms. The van der Waals surface area contributed by atoms with Crippen LogP contribution in [0, 0.1) is 15.9 Å². The average Bonchev–Trinajstić information content (AvgIpc) is 3.69. The van der Waals surface area contributed by atoms with Crippen molar-refractivity contribution in [1.29, 1.82) is 0 Å². The van der Waals surface area contributed by atoms with Gasteiger partial charge in [0, 0.05) is 31.4 Å². The number of carboxylic acid groups (broad SMARTS) is 1. The molecule has 5 rings (SSSR count). The van der Waals surface area contributed by atoms with Crippen molar-refractivity contribution in [2.24, 2.45) is 10.3 Å². The van der Waals surface area contributed by atoms with Crippen LogP contribution in [-0.2, 0) is 0 Å². The average molecular weight is 494 g/mol. The topological polar surface area (TPSA) is 134 Å². The summed E-state index contributed by atoms with van der Waals surface area (Å²) < 4.78 is 14.9. The van der Waals surface area contributed by atoms with Crippen LogP contribution in [0.5, 0.6) is 0 Å². The summed E-state index contributed by atoms with van der Waals surface area (Å²) in [5.74, 6) is -1.72. The van der Waals surface area contributed by atoms with Gasteiger partial charge in [-0.1, -0.05) is 5.22 Å². The summed E-state index contributed by atoms with van der Waals surface area (Å²) in [6.07, 6.45) is 3.03. The lowest BCUT2D eigenvalue weighted by molar-refractivity contribution is -0.384. The van der Waals surface area contributed by atoms with E-state index in [1.165, 1.54) is 36.5 Å². The number of aromatic carboxylic acids is 1. The van der Waals surface area contributed by atoms with Gasteiger partial charge in [-0.15, -0.1) is 5.11 Å². The second-order valence-electron chi connectivity index (χ2n) is 9.05. The Kier molecular flexibility index (Phi) is 5.86. The lowest BCUT2D eigenvalue weighted by Gasteiger charge is -2.38. The van der Waals surface area contributed by atoms with Crippen LogP contribution in [0.2, 0.25) is 0 Å². The number of fused-ring (bicyclic) bond motifs is 1. The summed E-state index contributed by atoms with van der Waals surface area (Å²) in [6.45, 7) is 3.19. The first-order chi connectivity index (χ1) is 17.2. The zero-order valence-electron chi connectivity index (χ0n) is 19.4. The van der Waals surface area contributed by atoms with Crippen LogP contribution in [-0.4, -0.2) is 51.3 Å². The maximum Gasteiger partial charge on any atom is 0.341 e. The van der Waals surface area contributed by atoms with Gasteiger partial charge in [-0.3, -0.25) is 19.9 Å². The number of aromatic nitrogens is 1. The fraction of sp³-hybridized carbons (Fsp3) is 0.333. The van der Waals surface area contributed by atoms with E-state index in [9.17, 15) is 29.2 Å². The Labute approximate surface area is 204 Å². The van der Waals surface area contributed by atoms with Gasteiger partial charge in [0.25, 0.3) is 5.69 Å². The Hall–Kier alpha value is -4.35. The SMILES string of the molecule is CC1CN(c2cc3c(cc2[N+](=O)[O-])c(=O)c(C(=O)O)cn3C2CC2)CCN1N=Nc1ccc(F)cc1. The van der Waals surface area contributed by atoms with Crippen molar-refractivity contribution >= 4 is 33.9 Å². The third-order valence-corrected chi connectivity index (χ3v) is 6.53. The Morgan fingerprint density at radius 3 is 2.53 bits per heavy atom. The first-order valence-electron chi connectivity index (χ1n) is 11.5. The number of carboxylic acids is 1. The minimum Gasteiger partial charge on any atom is -0.477 e. The molecule has 2 aromatic carbocycles. The lowest BCUT2D eigenvalue weighted by Crippen LogP contribution is -2.49. The van der Waals surface area contributed by atoms with Crippen molar-refractivity contribution in [3.05, 3.63) is 74.3 Å². The molecular weight excluding hydrogens is 471 g/mol. The molecule has 1 aliphatic carbocycles. The maximum absolute atomic E-state index is 13.1. The van der Waals surface area contributed by atoms with Crippen molar-refractivity contribution in [2.45, 2.75) is 31.8 Å². The first kappa shape index (κ1) is 23.4. The molecule has 186 valence electrons. The van der Waals surface area contributed by atoms with E-state index in [2.05, 4.69) is 10.3 Å². The second-order valence-corrected chi connectivity index (χ2v) is 9.05. The molecule has 1 unspecified atom stereocenters. The van der Waals surface area contributed by atoms with Crippen LogP contribution < -0.4 is 10.3 Å². The molecule has 11 nitrogen and oxygen atoms in total. The third-order valence-electron chi connectivity index (χ3n) is 6.53. The van der Waals surface area contributed by atoms with Crippen LogP contribution in [0.4, 0.5) is 21.5 Å². The molecular formula is C24H23FN6O5. The number of halogens is 1. The number of rotatable bonds is 6. The standard InChI is InChI=1S/C24H23FN6O5/c1-14-12-28(8-9-30(14)27-26-16-4-2-15(25)3-5-16)21-11-20-18(10-22(21)31(35)36)23(32)19(24(33)34)13-29(20)17-6-7-17/h2-5,10-11,13-14,17H,6-9,12H2,1H3,(H,33,34). The maximum atomic E-state index is 13.1. The zero-order chi connectivity index (χ0) is 25.6. The van der Waals surface area contributed by atoms with Gasteiger partial charge in [-0.25, -0.2) is 9.18 Å². The molecule has 0 bridgehead atoms. The largest absolute Gasteiger partial charge is 0.477 e. The van der Waals surface area contributed by atoms with E-state index >= 15 is 0 Å². The van der Waals surface area contributed by atoms with Crippen molar-refractivity contribution in [3.63, 3.8) is 0 Å². The lowest BCUT2D eigenvalue weighted by atomic mass is 10.1. The molecule has 1 N–H and O–H groups in total. The molecule has 3 aromatic rings. The zero-order valence-corrected chi connectivity index (χ0v) is 19.4. The second kappa shape index (κ2) is 9.02. The molecule has 1 saturated carbocycles. The number of piperazine rings is 1. The van der Waals surface area contributed by atoms with Crippen LogP contribution in [0.15, 0.2) is 57.7 Å². The Balaban J connectivity index is 1.49. The fourth-order valence-electron chi connectivity index (χ4n) is 4.50. The molecule has 1 aliphatic heterocycles.